The molecule has 0 aromatic carbocycles. The number of rotatable bonds is 51. The van der Waals surface area contributed by atoms with E-state index in [9.17, 15) is 14.4 Å². The van der Waals surface area contributed by atoms with Gasteiger partial charge in [-0.2, -0.15) is 0 Å². The highest BCUT2D eigenvalue weighted by molar-refractivity contribution is 5.71. The zero-order valence-electron chi connectivity index (χ0n) is 45.9. The fraction of sp³-hybridized carbons (Fsp3) is 0.646. The average Bonchev–Trinajstić information content (AvgIpc) is 3.37. The Morgan fingerprint density at radius 2 is 0.563 bits per heavy atom. The van der Waals surface area contributed by atoms with Crippen LogP contribution in [0.25, 0.3) is 0 Å². The Morgan fingerprint density at radius 3 is 0.901 bits per heavy atom. The third kappa shape index (κ3) is 56.6. The largest absolute Gasteiger partial charge is 0.462 e. The lowest BCUT2D eigenvalue weighted by Crippen LogP contribution is -2.30. The molecular formula is C65H106O6. The van der Waals surface area contributed by atoms with E-state index >= 15 is 0 Å². The van der Waals surface area contributed by atoms with Crippen molar-refractivity contribution in [3.63, 3.8) is 0 Å². The van der Waals surface area contributed by atoms with Crippen molar-refractivity contribution in [3.8, 4) is 0 Å². The standard InChI is InChI=1S/C65H106O6/c1-4-7-10-13-16-19-21-23-25-27-28-29-30-31-32-33-34-35-36-38-39-41-43-46-49-52-55-58-64(67)70-61-62(60-69-63(66)57-54-51-48-45-18-15-12-9-6-3)71-65(68)59-56-53-50-47-44-42-40-37-26-24-22-20-17-14-11-8-5-2/h7-8,10-11,16-17,19-20,23-26,28-29,31-32,40,42,47,50,62H,4-6,9,12-15,18,21-22,27,30,33-39,41,43-46,48-49,51-61H2,1-3H3/b10-7-,11-8-,19-16-,20-17-,25-23-,26-24-,29-28-,32-31-,42-40-,50-47-. The molecule has 71 heavy (non-hydrogen) atoms. The topological polar surface area (TPSA) is 78.9 Å². The van der Waals surface area contributed by atoms with Crippen LogP contribution >= 0.6 is 0 Å². The van der Waals surface area contributed by atoms with Gasteiger partial charge in [-0.25, -0.2) is 0 Å². The monoisotopic (exact) mass is 983 g/mol. The molecule has 0 spiro atoms. The first-order valence-electron chi connectivity index (χ1n) is 29.0. The summed E-state index contributed by atoms with van der Waals surface area (Å²) < 4.78 is 16.8. The van der Waals surface area contributed by atoms with Crippen LogP contribution in [0.5, 0.6) is 0 Å². The molecule has 1 atom stereocenters. The molecule has 0 heterocycles. The molecule has 0 aliphatic heterocycles. The summed E-state index contributed by atoms with van der Waals surface area (Å²) in [6.45, 7) is 6.34. The molecule has 0 aliphatic rings. The first-order valence-corrected chi connectivity index (χ1v) is 29.0. The third-order valence-corrected chi connectivity index (χ3v) is 12.0. The van der Waals surface area contributed by atoms with E-state index in [1.54, 1.807) is 0 Å². The molecule has 1 unspecified atom stereocenters. The number of hydrogen-bond acceptors (Lipinski definition) is 6. The molecule has 0 saturated heterocycles. The summed E-state index contributed by atoms with van der Waals surface area (Å²) in [4.78, 5) is 38.0. The number of hydrogen-bond donors (Lipinski definition) is 0. The van der Waals surface area contributed by atoms with E-state index in [1.165, 1.54) is 96.3 Å². The molecular weight excluding hydrogens is 877 g/mol. The van der Waals surface area contributed by atoms with Gasteiger partial charge in [0.25, 0.3) is 0 Å². The lowest BCUT2D eigenvalue weighted by molar-refractivity contribution is -0.167. The SMILES string of the molecule is CC/C=C\C/C=C\C/C=C\C/C=C\C/C=C\CCCCCCCCCCCCCC(=O)OCC(COC(=O)CCCCCCCCCCC)OC(=O)CCC/C=C\C/C=C\C/C=C\C/C=C\C/C=C\CC. The van der Waals surface area contributed by atoms with Crippen molar-refractivity contribution in [1.82, 2.24) is 0 Å². The van der Waals surface area contributed by atoms with Crippen molar-refractivity contribution < 1.29 is 28.6 Å². The summed E-state index contributed by atoms with van der Waals surface area (Å²) in [5.74, 6) is -0.968. The van der Waals surface area contributed by atoms with Gasteiger partial charge in [-0.05, 0) is 103 Å². The van der Waals surface area contributed by atoms with Gasteiger partial charge < -0.3 is 14.2 Å². The highest BCUT2D eigenvalue weighted by Gasteiger charge is 2.19. The molecule has 402 valence electrons. The number of unbranched alkanes of at least 4 members (excludes halogenated alkanes) is 20. The Hall–Kier alpha value is -4.19. The summed E-state index contributed by atoms with van der Waals surface area (Å²) in [6.07, 6.45) is 80.7. The van der Waals surface area contributed by atoms with E-state index in [2.05, 4.69) is 142 Å². The highest BCUT2D eigenvalue weighted by Crippen LogP contribution is 2.15. The van der Waals surface area contributed by atoms with Gasteiger partial charge in [0.2, 0.25) is 0 Å². The summed E-state index contributed by atoms with van der Waals surface area (Å²) in [7, 11) is 0. The third-order valence-electron chi connectivity index (χ3n) is 12.0. The predicted octanol–water partition coefficient (Wildman–Crippen LogP) is 19.6. The Morgan fingerprint density at radius 1 is 0.296 bits per heavy atom. The van der Waals surface area contributed by atoms with Gasteiger partial charge in [-0.15, -0.1) is 0 Å². The molecule has 6 nitrogen and oxygen atoms in total. The van der Waals surface area contributed by atoms with E-state index in [1.807, 2.05) is 0 Å². The van der Waals surface area contributed by atoms with Crippen LogP contribution in [0.1, 0.15) is 252 Å². The van der Waals surface area contributed by atoms with Crippen molar-refractivity contribution in [1.29, 1.82) is 0 Å². The van der Waals surface area contributed by atoms with Crippen molar-refractivity contribution in [3.05, 3.63) is 122 Å². The van der Waals surface area contributed by atoms with Gasteiger partial charge >= 0.3 is 17.9 Å². The van der Waals surface area contributed by atoms with Crippen LogP contribution in [0.3, 0.4) is 0 Å². The first kappa shape index (κ1) is 66.8. The first-order chi connectivity index (χ1) is 35.0. The molecule has 0 saturated carbocycles. The molecule has 6 heteroatoms. The van der Waals surface area contributed by atoms with Crippen molar-refractivity contribution >= 4 is 17.9 Å². The van der Waals surface area contributed by atoms with Gasteiger partial charge in [-0.3, -0.25) is 14.4 Å². The number of ether oxygens (including phenoxy) is 3. The summed E-state index contributed by atoms with van der Waals surface area (Å²) >= 11 is 0. The van der Waals surface area contributed by atoms with E-state index in [0.29, 0.717) is 19.3 Å². The molecule has 0 fully saturated rings. The summed E-state index contributed by atoms with van der Waals surface area (Å²) in [5, 5.41) is 0. The predicted molar refractivity (Wildman–Crippen MR) is 306 cm³/mol. The fourth-order valence-corrected chi connectivity index (χ4v) is 7.68. The van der Waals surface area contributed by atoms with E-state index in [4.69, 9.17) is 14.2 Å². The Labute approximate surface area is 437 Å². The normalized spacial score (nSPS) is 13.0. The lowest BCUT2D eigenvalue weighted by atomic mass is 10.0. The summed E-state index contributed by atoms with van der Waals surface area (Å²) in [5.41, 5.74) is 0. The van der Waals surface area contributed by atoms with Crippen molar-refractivity contribution in [2.24, 2.45) is 0 Å². The smallest absolute Gasteiger partial charge is 0.306 e. The molecule has 0 aromatic heterocycles. The van der Waals surface area contributed by atoms with Crippen LogP contribution in [-0.4, -0.2) is 37.2 Å². The van der Waals surface area contributed by atoms with Crippen LogP contribution in [-0.2, 0) is 28.6 Å². The molecule has 0 aliphatic carbocycles. The summed E-state index contributed by atoms with van der Waals surface area (Å²) in [6, 6.07) is 0. The maximum Gasteiger partial charge on any atom is 0.306 e. The minimum atomic E-state index is -0.809. The molecule has 0 N–H and O–H groups in total. The molecule has 0 rings (SSSR count). The second-order valence-corrected chi connectivity index (χ2v) is 18.8. The highest BCUT2D eigenvalue weighted by atomic mass is 16.6. The number of esters is 3. The average molecular weight is 984 g/mol. The maximum atomic E-state index is 12.8. The second kappa shape index (κ2) is 58.4. The quantitative estimate of drug-likeness (QED) is 0.0261. The molecule has 0 aromatic rings. The van der Waals surface area contributed by atoms with Gasteiger partial charge in [-0.1, -0.05) is 251 Å². The van der Waals surface area contributed by atoms with Crippen LogP contribution in [0.2, 0.25) is 0 Å². The number of carbonyl (C=O) groups excluding carboxylic acids is 3. The molecule has 0 radical (unpaired) electrons. The van der Waals surface area contributed by atoms with Crippen LogP contribution < -0.4 is 0 Å². The van der Waals surface area contributed by atoms with Crippen LogP contribution in [0, 0.1) is 0 Å². The van der Waals surface area contributed by atoms with Crippen molar-refractivity contribution in [2.75, 3.05) is 13.2 Å². The fourth-order valence-electron chi connectivity index (χ4n) is 7.68. The van der Waals surface area contributed by atoms with E-state index in [0.717, 1.165) is 109 Å². The van der Waals surface area contributed by atoms with Gasteiger partial charge in [0.1, 0.15) is 13.2 Å². The minimum Gasteiger partial charge on any atom is -0.462 e. The van der Waals surface area contributed by atoms with E-state index < -0.39 is 6.10 Å². The Kier molecular flexibility index (Phi) is 54.9. The van der Waals surface area contributed by atoms with Gasteiger partial charge in [0, 0.05) is 19.3 Å². The minimum absolute atomic E-state index is 0.102. The number of allylic oxidation sites excluding steroid dienone is 20. The van der Waals surface area contributed by atoms with Crippen LogP contribution in [0.4, 0.5) is 0 Å². The van der Waals surface area contributed by atoms with Gasteiger partial charge in [0.15, 0.2) is 6.10 Å². The molecule has 0 bridgehead atoms. The molecule has 0 amide bonds. The zero-order chi connectivity index (χ0) is 51.4. The van der Waals surface area contributed by atoms with E-state index in [-0.39, 0.29) is 37.5 Å². The Bertz CT molecular complexity index is 1500. The zero-order valence-corrected chi connectivity index (χ0v) is 45.9. The lowest BCUT2D eigenvalue weighted by Gasteiger charge is -2.18. The van der Waals surface area contributed by atoms with Crippen LogP contribution in [0.15, 0.2) is 122 Å². The maximum absolute atomic E-state index is 12.8. The van der Waals surface area contributed by atoms with Crippen molar-refractivity contribution in [2.45, 2.75) is 258 Å². The second-order valence-electron chi connectivity index (χ2n) is 18.8. The number of carbonyl (C=O) groups is 3. The van der Waals surface area contributed by atoms with Gasteiger partial charge in [0.05, 0.1) is 0 Å². The Balaban J connectivity index is 4.30.